The molecular formula is C22H39N4O5+. The summed E-state index contributed by atoms with van der Waals surface area (Å²) in [6, 6.07) is -1.63. The predicted octanol–water partition coefficient (Wildman–Crippen LogP) is 1.94. The Kier molecular flexibility index (Phi) is 10.00. The number of carbonyl (C=O) groups excluding carboxylic acids is 3. The number of amides is 2. The van der Waals surface area contributed by atoms with E-state index in [-0.39, 0.29) is 18.4 Å². The van der Waals surface area contributed by atoms with Crippen molar-refractivity contribution in [2.75, 3.05) is 6.61 Å². The number of nitrogens with one attached hydrogen (secondary N) is 2. The Bertz CT molecular complexity index is 737. The van der Waals surface area contributed by atoms with E-state index in [1.54, 1.807) is 20.8 Å². The molecule has 9 heteroatoms. The zero-order valence-corrected chi connectivity index (χ0v) is 20.1. The molecule has 0 spiro atoms. The summed E-state index contributed by atoms with van der Waals surface area (Å²) >= 11 is 0. The van der Waals surface area contributed by atoms with Crippen LogP contribution in [-0.2, 0) is 32.7 Å². The maximum Gasteiger partial charge on any atom is 0.408 e. The first-order chi connectivity index (χ1) is 14.3. The second kappa shape index (κ2) is 11.7. The minimum Gasteiger partial charge on any atom is -0.460 e. The number of ether oxygens (including phenoxy) is 2. The Morgan fingerprint density at radius 1 is 1.10 bits per heavy atom. The van der Waals surface area contributed by atoms with Gasteiger partial charge in [0.2, 0.25) is 12.2 Å². The van der Waals surface area contributed by atoms with E-state index in [2.05, 4.69) is 10.6 Å². The number of hydrogen-bond donors (Lipinski definition) is 2. The Balaban J connectivity index is 2.74. The highest BCUT2D eigenvalue weighted by Crippen LogP contribution is 2.11. The van der Waals surface area contributed by atoms with Crippen LogP contribution in [0.2, 0.25) is 0 Å². The summed E-state index contributed by atoms with van der Waals surface area (Å²) in [7, 11) is 1.91. The lowest BCUT2D eigenvalue weighted by Crippen LogP contribution is -2.54. The van der Waals surface area contributed by atoms with E-state index in [9.17, 15) is 14.4 Å². The SMILES string of the molecule is CC(C)C[C@H](NC(=O)[C@@H](NC(=O)OC(C)(C)C)C(C)C)C(=O)OCCn1cc[n+](C)c1. The summed E-state index contributed by atoms with van der Waals surface area (Å²) in [6.07, 6.45) is 5.42. The van der Waals surface area contributed by atoms with Gasteiger partial charge in [0.05, 0.1) is 7.05 Å². The number of imidazole rings is 1. The molecular weight excluding hydrogens is 400 g/mol. The summed E-state index contributed by atoms with van der Waals surface area (Å²) in [5, 5.41) is 5.36. The summed E-state index contributed by atoms with van der Waals surface area (Å²) in [5.41, 5.74) is -0.678. The van der Waals surface area contributed by atoms with Crippen molar-refractivity contribution in [1.82, 2.24) is 15.2 Å². The standard InChI is InChI=1S/C22H38N4O5/c1-15(2)13-17(20(28)30-12-11-26-10-9-25(8)14-26)23-19(27)18(16(3)4)24-21(29)31-22(5,6)7/h9-10,14-18H,11-13H2,1-8H3,(H-,23,24,27,29)/p+1/t17-,18-/m0/s1. The first-order valence-electron chi connectivity index (χ1n) is 10.8. The average Bonchev–Trinajstić information content (AvgIpc) is 3.01. The van der Waals surface area contributed by atoms with Gasteiger partial charge in [-0.05, 0) is 39.0 Å². The second-order valence-corrected chi connectivity index (χ2v) is 9.54. The molecule has 0 saturated carbocycles. The van der Waals surface area contributed by atoms with Crippen molar-refractivity contribution < 1.29 is 28.4 Å². The molecule has 0 saturated heterocycles. The van der Waals surface area contributed by atoms with Gasteiger partial charge in [-0.25, -0.2) is 18.7 Å². The number of esters is 1. The van der Waals surface area contributed by atoms with Crippen molar-refractivity contribution in [3.05, 3.63) is 18.7 Å². The molecule has 0 aliphatic carbocycles. The molecule has 0 bridgehead atoms. The van der Waals surface area contributed by atoms with Crippen LogP contribution < -0.4 is 15.2 Å². The first-order valence-corrected chi connectivity index (χ1v) is 10.8. The maximum absolute atomic E-state index is 12.9. The Hall–Kier alpha value is -2.58. The molecule has 1 aromatic rings. The lowest BCUT2D eigenvalue weighted by Gasteiger charge is -2.27. The number of aryl methyl sites for hydroxylation is 1. The fraction of sp³-hybridized carbons (Fsp3) is 0.727. The number of rotatable bonds is 10. The highest BCUT2D eigenvalue weighted by molar-refractivity contribution is 5.89. The molecule has 0 radical (unpaired) electrons. The van der Waals surface area contributed by atoms with Gasteiger partial charge >= 0.3 is 12.1 Å². The smallest absolute Gasteiger partial charge is 0.408 e. The van der Waals surface area contributed by atoms with Gasteiger partial charge in [-0.3, -0.25) is 4.79 Å². The van der Waals surface area contributed by atoms with Crippen LogP contribution in [0.3, 0.4) is 0 Å². The van der Waals surface area contributed by atoms with Crippen molar-refractivity contribution in [2.45, 2.75) is 79.1 Å². The van der Waals surface area contributed by atoms with Crippen LogP contribution >= 0.6 is 0 Å². The third-order valence-corrected chi connectivity index (χ3v) is 4.35. The maximum atomic E-state index is 12.9. The van der Waals surface area contributed by atoms with Crippen LogP contribution in [0.5, 0.6) is 0 Å². The van der Waals surface area contributed by atoms with E-state index in [1.807, 2.05) is 62.6 Å². The van der Waals surface area contributed by atoms with Gasteiger partial charge in [0, 0.05) is 0 Å². The van der Waals surface area contributed by atoms with Crippen LogP contribution in [0.25, 0.3) is 0 Å². The van der Waals surface area contributed by atoms with Gasteiger partial charge < -0.3 is 20.1 Å². The van der Waals surface area contributed by atoms with E-state index in [0.717, 1.165) is 0 Å². The Labute approximate surface area is 185 Å². The van der Waals surface area contributed by atoms with Crippen LogP contribution in [0.15, 0.2) is 18.7 Å². The minimum atomic E-state index is -0.836. The molecule has 2 amide bonds. The van der Waals surface area contributed by atoms with Crippen LogP contribution in [0.1, 0.15) is 54.9 Å². The molecule has 31 heavy (non-hydrogen) atoms. The number of nitrogens with zero attached hydrogens (tertiary/aromatic N) is 2. The Morgan fingerprint density at radius 2 is 1.74 bits per heavy atom. The van der Waals surface area contributed by atoms with Crippen LogP contribution in [0, 0.1) is 11.8 Å². The lowest BCUT2D eigenvalue weighted by atomic mass is 10.0. The van der Waals surface area contributed by atoms with Gasteiger partial charge in [-0.2, -0.15) is 0 Å². The van der Waals surface area contributed by atoms with E-state index in [1.165, 1.54) is 0 Å². The summed E-state index contributed by atoms with van der Waals surface area (Å²) in [4.78, 5) is 37.7. The molecule has 1 aromatic heterocycles. The predicted molar refractivity (Wildman–Crippen MR) is 116 cm³/mol. The van der Waals surface area contributed by atoms with Gasteiger partial charge in [0.1, 0.15) is 43.2 Å². The second-order valence-electron chi connectivity index (χ2n) is 9.54. The highest BCUT2D eigenvalue weighted by Gasteiger charge is 2.31. The third-order valence-electron chi connectivity index (χ3n) is 4.35. The van der Waals surface area contributed by atoms with Gasteiger partial charge in [-0.1, -0.05) is 27.7 Å². The van der Waals surface area contributed by atoms with E-state index in [0.29, 0.717) is 13.0 Å². The van der Waals surface area contributed by atoms with Gasteiger partial charge in [0.25, 0.3) is 0 Å². The topological polar surface area (TPSA) is 103 Å². The normalized spacial score (nSPS) is 13.6. The van der Waals surface area contributed by atoms with Crippen molar-refractivity contribution in [2.24, 2.45) is 18.9 Å². The monoisotopic (exact) mass is 439 g/mol. The molecule has 1 rings (SSSR count). The quantitative estimate of drug-likeness (QED) is 0.428. The zero-order valence-electron chi connectivity index (χ0n) is 20.1. The minimum absolute atomic E-state index is 0.165. The van der Waals surface area contributed by atoms with Crippen molar-refractivity contribution in [3.63, 3.8) is 0 Å². The van der Waals surface area contributed by atoms with Crippen molar-refractivity contribution in [1.29, 1.82) is 0 Å². The zero-order chi connectivity index (χ0) is 23.8. The number of carbonyl (C=O) groups is 3. The molecule has 1 heterocycles. The Morgan fingerprint density at radius 3 is 2.23 bits per heavy atom. The number of aromatic nitrogens is 2. The van der Waals surface area contributed by atoms with Crippen LogP contribution in [-0.4, -0.2) is 46.8 Å². The van der Waals surface area contributed by atoms with E-state index < -0.39 is 35.7 Å². The molecule has 0 aliphatic heterocycles. The fourth-order valence-electron chi connectivity index (χ4n) is 2.90. The summed E-state index contributed by atoms with van der Waals surface area (Å²) in [6.45, 7) is 13.5. The first kappa shape index (κ1) is 26.5. The molecule has 176 valence electrons. The summed E-state index contributed by atoms with van der Waals surface area (Å²) in [5.74, 6) is -0.963. The largest absolute Gasteiger partial charge is 0.460 e. The molecule has 9 nitrogen and oxygen atoms in total. The van der Waals surface area contributed by atoms with Gasteiger partial charge in [-0.15, -0.1) is 0 Å². The number of alkyl carbamates (subject to hydrolysis) is 1. The lowest BCUT2D eigenvalue weighted by molar-refractivity contribution is -0.671. The summed E-state index contributed by atoms with van der Waals surface area (Å²) < 4.78 is 14.5. The van der Waals surface area contributed by atoms with E-state index in [4.69, 9.17) is 9.47 Å². The van der Waals surface area contributed by atoms with Crippen molar-refractivity contribution in [3.8, 4) is 0 Å². The molecule has 0 unspecified atom stereocenters. The molecule has 0 aliphatic rings. The number of hydrogen-bond acceptors (Lipinski definition) is 5. The van der Waals surface area contributed by atoms with Crippen molar-refractivity contribution >= 4 is 18.0 Å². The van der Waals surface area contributed by atoms with Crippen LogP contribution in [0.4, 0.5) is 4.79 Å². The van der Waals surface area contributed by atoms with Gasteiger partial charge in [0.15, 0.2) is 0 Å². The average molecular weight is 440 g/mol. The molecule has 0 fully saturated rings. The van der Waals surface area contributed by atoms with E-state index >= 15 is 0 Å². The fourth-order valence-corrected chi connectivity index (χ4v) is 2.90. The molecule has 2 N–H and O–H groups in total. The molecule has 2 atom stereocenters. The molecule has 0 aromatic carbocycles. The highest BCUT2D eigenvalue weighted by atomic mass is 16.6. The third kappa shape index (κ3) is 10.3.